The Hall–Kier alpha value is -3.70. The van der Waals surface area contributed by atoms with Crippen molar-refractivity contribution in [2.45, 2.75) is 112 Å². The zero-order valence-electron chi connectivity index (χ0n) is 44.3. The highest BCUT2D eigenvalue weighted by atomic mass is 35.5. The average molecular weight is 1030 g/mol. The van der Waals surface area contributed by atoms with Crippen molar-refractivity contribution >= 4 is 30.7 Å². The van der Waals surface area contributed by atoms with Crippen molar-refractivity contribution in [2.24, 2.45) is 11.5 Å². The Bertz CT molecular complexity index is 1190. The minimum atomic E-state index is -0.476. The number of aliphatic hydroxyl groups excluding tert-OH is 3. The molecule has 0 spiro atoms. The summed E-state index contributed by atoms with van der Waals surface area (Å²) < 4.78 is 50.6. The number of nitrogens with one attached hydrogen (secondary N) is 3. The Morgan fingerprint density at radius 2 is 0.700 bits per heavy atom. The molecular weight excluding hydrogens is 938 g/mol. The normalized spacial score (nSPS) is 10.1. The van der Waals surface area contributed by atoms with E-state index >= 15 is 0 Å². The van der Waals surface area contributed by atoms with Crippen molar-refractivity contribution < 1.29 is 77.1 Å². The third-order valence-electron chi connectivity index (χ3n) is 5.87. The zero-order chi connectivity index (χ0) is 53.9. The average Bonchev–Trinajstić information content (AvgIpc) is 3.25. The number of alkyl carbamates (subject to hydrolysis) is 3. The van der Waals surface area contributed by atoms with Gasteiger partial charge < -0.3 is 90.1 Å². The Morgan fingerprint density at radius 3 is 0.943 bits per heavy atom. The van der Waals surface area contributed by atoms with E-state index in [1.54, 1.807) is 20.8 Å². The molecule has 0 aliphatic carbocycles. The number of amides is 3. The molecule has 0 radical (unpaired) electrons. The molecule has 70 heavy (non-hydrogen) atoms. The monoisotopic (exact) mass is 1030 g/mol. The van der Waals surface area contributed by atoms with Crippen LogP contribution in [0.4, 0.5) is 14.4 Å². The fourth-order valence-electron chi connectivity index (χ4n) is 3.34. The Morgan fingerprint density at radius 1 is 0.429 bits per heavy atom. The molecule has 0 aliphatic heterocycles. The zero-order valence-corrected chi connectivity index (χ0v) is 45.1. The summed E-state index contributed by atoms with van der Waals surface area (Å²) in [4.78, 5) is 33.4. The van der Waals surface area contributed by atoms with Crippen molar-refractivity contribution in [2.75, 3.05) is 145 Å². The van der Waals surface area contributed by atoms with Gasteiger partial charge in [0.1, 0.15) is 16.8 Å². The van der Waals surface area contributed by atoms with Crippen LogP contribution in [-0.2, 0) is 47.4 Å². The van der Waals surface area contributed by atoms with Crippen LogP contribution in [0.15, 0.2) is 0 Å². The summed E-state index contributed by atoms with van der Waals surface area (Å²) in [6.45, 7) is 28.2. The molecule has 0 aromatic heterocycles. The third-order valence-corrected chi connectivity index (χ3v) is 5.87. The Kier molecular flexibility index (Phi) is 72.7. The van der Waals surface area contributed by atoms with Crippen LogP contribution in [-0.4, -0.2) is 195 Å². The van der Waals surface area contributed by atoms with Crippen molar-refractivity contribution in [3.63, 3.8) is 0 Å². The lowest BCUT2D eigenvalue weighted by Crippen LogP contribution is -2.34. The fraction of sp³-hybridized carbons (Fsp3) is 0.812. The summed E-state index contributed by atoms with van der Waals surface area (Å²) >= 11 is 0. The molecule has 0 aromatic rings. The molecule has 0 fully saturated rings. The molecule has 0 bridgehead atoms. The van der Waals surface area contributed by atoms with Crippen molar-refractivity contribution in [1.29, 1.82) is 0 Å². The number of hydrogen-bond acceptors (Lipinski definition) is 18. The van der Waals surface area contributed by atoms with Gasteiger partial charge in [0.2, 0.25) is 0 Å². The molecule has 0 aliphatic rings. The maximum absolute atomic E-state index is 11.2. The molecule has 0 unspecified atom stereocenters. The summed E-state index contributed by atoms with van der Waals surface area (Å²) in [7, 11) is 0. The van der Waals surface area contributed by atoms with Gasteiger partial charge in [-0.25, -0.2) is 14.4 Å². The van der Waals surface area contributed by atoms with Gasteiger partial charge in [0.15, 0.2) is 0 Å². The highest BCUT2D eigenvalue weighted by Gasteiger charge is 2.17. The molecule has 0 saturated heterocycles. The topological polar surface area (TPSA) is 292 Å². The van der Waals surface area contributed by atoms with E-state index in [0.717, 1.165) is 13.0 Å². The van der Waals surface area contributed by atoms with E-state index in [-0.39, 0.29) is 38.8 Å². The number of carbonyl (C=O) groups is 3. The van der Waals surface area contributed by atoms with Gasteiger partial charge in [-0.3, -0.25) is 0 Å². The number of carbonyl (C=O) groups excluding carboxylic acids is 3. The second-order valence-corrected chi connectivity index (χ2v) is 16.2. The van der Waals surface area contributed by atoms with Gasteiger partial charge in [-0.05, 0) is 68.7 Å². The van der Waals surface area contributed by atoms with Crippen LogP contribution in [0.5, 0.6) is 0 Å². The maximum atomic E-state index is 11.2. The quantitative estimate of drug-likeness (QED) is 0.0291. The first-order valence-corrected chi connectivity index (χ1v) is 23.1. The minimum Gasteiger partial charge on any atom is -0.444 e. The van der Waals surface area contributed by atoms with E-state index in [1.165, 1.54) is 0 Å². The molecule has 10 N–H and O–H groups in total. The number of hydrogen-bond donors (Lipinski definition) is 8. The Balaban J connectivity index is -0.000000141. The number of aliphatic hydroxyl groups is 3. The lowest BCUT2D eigenvalue weighted by molar-refractivity contribution is 0.0407. The van der Waals surface area contributed by atoms with Crippen LogP contribution in [0.2, 0.25) is 0 Å². The van der Waals surface area contributed by atoms with Crippen LogP contribution in [0.25, 0.3) is 0 Å². The predicted molar refractivity (Wildman–Crippen MR) is 276 cm³/mol. The van der Waals surface area contributed by atoms with Crippen molar-refractivity contribution in [1.82, 2.24) is 16.0 Å². The van der Waals surface area contributed by atoms with Gasteiger partial charge in [0, 0.05) is 58.6 Å². The fourth-order valence-corrected chi connectivity index (χ4v) is 3.34. The van der Waals surface area contributed by atoms with Gasteiger partial charge in [0.05, 0.1) is 106 Å². The van der Waals surface area contributed by atoms with E-state index in [9.17, 15) is 14.4 Å². The first kappa shape index (κ1) is 80.4. The SMILES string of the molecule is C#CCCO.C#CCCOCCOCCN.C#CCCOCCOCCNC(=O)OC(C)(C)C.CC(C)(C)OC(=O)NCCOCCO.CCCOCCNC(=O)OC(C)(C)C.Cl.NCCOCCO. The summed E-state index contributed by atoms with van der Waals surface area (Å²) in [6.07, 6.45) is 16.3. The number of ether oxygens (including phenoxy) is 10. The molecule has 0 aromatic carbocycles. The molecule has 416 valence electrons. The molecule has 0 atom stereocenters. The number of nitrogens with two attached hydrogens (primary N) is 2. The highest BCUT2D eigenvalue weighted by Crippen LogP contribution is 2.07. The lowest BCUT2D eigenvalue weighted by Gasteiger charge is -2.19. The molecule has 0 saturated carbocycles. The van der Waals surface area contributed by atoms with Crippen molar-refractivity contribution in [3.8, 4) is 37.0 Å². The van der Waals surface area contributed by atoms with E-state index < -0.39 is 35.1 Å². The Labute approximate surface area is 427 Å². The molecule has 0 rings (SSSR count). The van der Waals surface area contributed by atoms with Gasteiger partial charge in [-0.15, -0.1) is 49.4 Å². The summed E-state index contributed by atoms with van der Waals surface area (Å²) in [5.41, 5.74) is 8.87. The van der Waals surface area contributed by atoms with Crippen molar-refractivity contribution in [3.05, 3.63) is 0 Å². The van der Waals surface area contributed by atoms with E-state index in [0.29, 0.717) is 131 Å². The summed E-state index contributed by atoms with van der Waals surface area (Å²) in [5.74, 6) is 7.23. The number of terminal acetylenes is 3. The smallest absolute Gasteiger partial charge is 0.407 e. The second kappa shape index (κ2) is 63.3. The lowest BCUT2D eigenvalue weighted by atomic mass is 10.2. The van der Waals surface area contributed by atoms with Gasteiger partial charge >= 0.3 is 18.3 Å². The summed E-state index contributed by atoms with van der Waals surface area (Å²) in [5, 5.41) is 32.2. The van der Waals surface area contributed by atoms with Crippen LogP contribution >= 0.6 is 12.4 Å². The summed E-state index contributed by atoms with van der Waals surface area (Å²) in [6, 6.07) is 0. The van der Waals surface area contributed by atoms with Gasteiger partial charge in [0.25, 0.3) is 0 Å². The van der Waals surface area contributed by atoms with E-state index in [4.69, 9.17) is 93.4 Å². The van der Waals surface area contributed by atoms with Crippen LogP contribution in [0.1, 0.15) is 94.9 Å². The molecule has 22 heteroatoms. The largest absolute Gasteiger partial charge is 0.444 e. The molecule has 3 amide bonds. The van der Waals surface area contributed by atoms with Crippen LogP contribution in [0.3, 0.4) is 0 Å². The van der Waals surface area contributed by atoms with E-state index in [2.05, 4.69) is 33.7 Å². The highest BCUT2D eigenvalue weighted by molar-refractivity contribution is 5.85. The first-order chi connectivity index (χ1) is 32.6. The minimum absolute atomic E-state index is 0. The van der Waals surface area contributed by atoms with Crippen LogP contribution in [0, 0.1) is 37.0 Å². The molecule has 21 nitrogen and oxygen atoms in total. The molecule has 0 heterocycles. The third kappa shape index (κ3) is 102. The first-order valence-electron chi connectivity index (χ1n) is 23.1. The maximum Gasteiger partial charge on any atom is 0.407 e. The second-order valence-electron chi connectivity index (χ2n) is 16.2. The number of halogens is 1. The predicted octanol–water partition coefficient (Wildman–Crippen LogP) is 3.40. The van der Waals surface area contributed by atoms with Gasteiger partial charge in [-0.1, -0.05) is 6.92 Å². The van der Waals surface area contributed by atoms with Gasteiger partial charge in [-0.2, -0.15) is 0 Å². The standard InChI is InChI=1S/C13H23NO4.C10H21NO3.C9H19NO4.C8H15NO2.C4H11NO2.C4H6O.ClH/c1-5-6-8-16-10-11-17-9-7-14-12(15)18-13(2,3)4;1-5-7-13-8-6-11-9(12)14-10(2,3)4;1-9(2,3)14-8(12)10-4-6-13-7-5-11;1-2-3-5-10-7-8-11-6-4-9;5-1-3-7-4-2-6;1-2-3-4-5;/h1H,6-11H2,2-4H3,(H,14,15);5-8H2,1-4H3,(H,11,12);11H,4-7H2,1-3H3,(H,10,12);1H,3-9H2;6H,1-5H2;1,5H,3-4H2;1H. The molecular formula is C48H96ClN5O16. The van der Waals surface area contributed by atoms with E-state index in [1.807, 2.05) is 48.5 Å². The number of rotatable bonds is 30. The van der Waals surface area contributed by atoms with Crippen LogP contribution < -0.4 is 27.4 Å².